The smallest absolute Gasteiger partial charge is 0.152 e. The number of imidazole rings is 1. The summed E-state index contributed by atoms with van der Waals surface area (Å²) in [4.78, 5) is 9.25. The molecule has 0 atom stereocenters. The third-order valence-electron chi connectivity index (χ3n) is 4.13. The minimum absolute atomic E-state index is 0.463. The van der Waals surface area contributed by atoms with Crippen LogP contribution in [0, 0.1) is 0 Å². The first kappa shape index (κ1) is 16.0. The van der Waals surface area contributed by atoms with Gasteiger partial charge in [0.1, 0.15) is 11.3 Å². The number of benzene rings is 1. The summed E-state index contributed by atoms with van der Waals surface area (Å²) in [6.45, 7) is 8.66. The van der Waals surface area contributed by atoms with Crippen molar-refractivity contribution < 1.29 is 0 Å². The van der Waals surface area contributed by atoms with E-state index in [9.17, 15) is 0 Å². The van der Waals surface area contributed by atoms with Crippen LogP contribution in [0.25, 0.3) is 23.2 Å². The first-order valence-corrected chi connectivity index (χ1v) is 8.17. The molecule has 0 saturated carbocycles. The first-order chi connectivity index (χ1) is 11.7. The van der Waals surface area contributed by atoms with E-state index in [1.165, 1.54) is 5.56 Å². The molecular formula is C20H22N4. The van der Waals surface area contributed by atoms with E-state index >= 15 is 0 Å². The lowest BCUT2D eigenvalue weighted by atomic mass is 10.2. The third kappa shape index (κ3) is 2.71. The van der Waals surface area contributed by atoms with Gasteiger partial charge in [-0.25, -0.2) is 9.97 Å². The van der Waals surface area contributed by atoms with E-state index in [1.54, 1.807) is 6.08 Å². The molecule has 122 valence electrons. The minimum atomic E-state index is 0.463. The summed E-state index contributed by atoms with van der Waals surface area (Å²) in [5.41, 5.74) is 9.24. The summed E-state index contributed by atoms with van der Waals surface area (Å²) in [7, 11) is 0. The molecule has 0 saturated heterocycles. The van der Waals surface area contributed by atoms with E-state index in [2.05, 4.69) is 53.4 Å². The maximum atomic E-state index is 6.19. The normalized spacial score (nSPS) is 12.9. The predicted octanol–water partition coefficient (Wildman–Crippen LogP) is 2.39. The molecule has 0 spiro atoms. The van der Waals surface area contributed by atoms with Crippen LogP contribution in [-0.4, -0.2) is 14.5 Å². The molecule has 1 aromatic carbocycles. The van der Waals surface area contributed by atoms with E-state index in [-0.39, 0.29) is 0 Å². The van der Waals surface area contributed by atoms with Crippen LogP contribution in [0.2, 0.25) is 0 Å². The van der Waals surface area contributed by atoms with Crippen molar-refractivity contribution in [3.63, 3.8) is 0 Å². The quantitative estimate of drug-likeness (QED) is 0.803. The number of anilines is 1. The zero-order chi connectivity index (χ0) is 17.1. The Morgan fingerprint density at radius 1 is 1.21 bits per heavy atom. The SMILES string of the molecule is C=C/C=c1/nc(N)c2nc(CC)n(Cc3ccccc3)c2/c1=C/C. The fourth-order valence-corrected chi connectivity index (χ4v) is 3.04. The average molecular weight is 318 g/mol. The standard InChI is InChI=1S/C20H22N4/c1-4-10-16-15(5-2)19-18(20(21)22-16)23-17(6-3)24(19)13-14-11-8-7-9-12-14/h4-5,7-12H,1,6,13H2,2-3H3,(H2,21,22)/b15-5+,16-10+. The van der Waals surface area contributed by atoms with E-state index in [4.69, 9.17) is 10.7 Å². The highest BCUT2D eigenvalue weighted by Crippen LogP contribution is 2.18. The van der Waals surface area contributed by atoms with Crippen LogP contribution in [0.1, 0.15) is 25.2 Å². The highest BCUT2D eigenvalue weighted by molar-refractivity contribution is 5.86. The zero-order valence-corrected chi connectivity index (χ0v) is 14.2. The maximum Gasteiger partial charge on any atom is 0.152 e. The monoisotopic (exact) mass is 318 g/mol. The Bertz CT molecular complexity index is 998. The fraction of sp³-hybridized carbons (Fsp3) is 0.200. The molecule has 3 rings (SSSR count). The summed E-state index contributed by atoms with van der Waals surface area (Å²) in [5.74, 6) is 1.48. The van der Waals surface area contributed by atoms with Crippen molar-refractivity contribution in [3.05, 3.63) is 64.9 Å². The number of fused-ring (bicyclic) bond motifs is 1. The van der Waals surface area contributed by atoms with Crippen molar-refractivity contribution in [2.24, 2.45) is 0 Å². The highest BCUT2D eigenvalue weighted by Gasteiger charge is 2.15. The lowest BCUT2D eigenvalue weighted by Crippen LogP contribution is -2.31. The molecule has 0 fully saturated rings. The van der Waals surface area contributed by atoms with Gasteiger partial charge in [-0.05, 0) is 18.6 Å². The number of nitrogens with two attached hydrogens (primary N) is 1. The second-order valence-electron chi connectivity index (χ2n) is 5.64. The molecule has 4 nitrogen and oxygen atoms in total. The van der Waals surface area contributed by atoms with Crippen LogP contribution in [0.15, 0.2) is 43.0 Å². The van der Waals surface area contributed by atoms with E-state index < -0.39 is 0 Å². The van der Waals surface area contributed by atoms with Crippen LogP contribution in [0.5, 0.6) is 0 Å². The molecule has 2 N–H and O–H groups in total. The fourth-order valence-electron chi connectivity index (χ4n) is 3.04. The number of nitrogens with zero attached hydrogens (tertiary/aromatic N) is 3. The van der Waals surface area contributed by atoms with Gasteiger partial charge in [-0.1, -0.05) is 56.0 Å². The molecular weight excluding hydrogens is 296 g/mol. The van der Waals surface area contributed by atoms with Crippen molar-refractivity contribution in [1.82, 2.24) is 14.5 Å². The van der Waals surface area contributed by atoms with Crippen molar-refractivity contribution in [3.8, 4) is 0 Å². The van der Waals surface area contributed by atoms with Gasteiger partial charge in [0, 0.05) is 18.2 Å². The van der Waals surface area contributed by atoms with Crippen LogP contribution in [0.3, 0.4) is 0 Å². The summed E-state index contributed by atoms with van der Waals surface area (Å²) in [5, 5.41) is 1.87. The second kappa shape index (κ2) is 6.71. The lowest BCUT2D eigenvalue weighted by Gasteiger charge is -2.09. The van der Waals surface area contributed by atoms with Crippen molar-refractivity contribution >= 4 is 29.0 Å². The van der Waals surface area contributed by atoms with E-state index in [1.807, 2.05) is 19.1 Å². The number of aryl methyl sites for hydroxylation is 1. The summed E-state index contributed by atoms with van der Waals surface area (Å²) in [6, 6.07) is 10.4. The molecule has 0 bridgehead atoms. The molecule has 0 aliphatic carbocycles. The topological polar surface area (TPSA) is 56.7 Å². The van der Waals surface area contributed by atoms with Crippen molar-refractivity contribution in [2.75, 3.05) is 5.73 Å². The Balaban J connectivity index is 2.39. The minimum Gasteiger partial charge on any atom is -0.382 e. The number of hydrogen-bond acceptors (Lipinski definition) is 3. The molecule has 2 heterocycles. The lowest BCUT2D eigenvalue weighted by molar-refractivity contribution is 0.751. The summed E-state index contributed by atoms with van der Waals surface area (Å²) < 4.78 is 2.25. The number of nitrogen functional groups attached to an aromatic ring is 1. The number of allylic oxidation sites excluding steroid dienone is 1. The van der Waals surface area contributed by atoms with Gasteiger partial charge in [0.25, 0.3) is 0 Å². The van der Waals surface area contributed by atoms with Crippen molar-refractivity contribution in [1.29, 1.82) is 0 Å². The number of hydrogen-bond donors (Lipinski definition) is 1. The Hall–Kier alpha value is -2.88. The van der Waals surface area contributed by atoms with E-state index in [0.717, 1.165) is 40.4 Å². The first-order valence-electron chi connectivity index (χ1n) is 8.17. The van der Waals surface area contributed by atoms with Crippen molar-refractivity contribution in [2.45, 2.75) is 26.8 Å². The molecule has 0 aliphatic rings. The highest BCUT2D eigenvalue weighted by atomic mass is 15.1. The Morgan fingerprint density at radius 3 is 2.58 bits per heavy atom. The molecule has 0 aliphatic heterocycles. The summed E-state index contributed by atoms with van der Waals surface area (Å²) in [6.07, 6.45) is 6.52. The second-order valence-corrected chi connectivity index (χ2v) is 5.64. The van der Waals surface area contributed by atoms with Gasteiger partial charge in [0.2, 0.25) is 0 Å². The molecule has 24 heavy (non-hydrogen) atoms. The maximum absolute atomic E-state index is 6.19. The van der Waals surface area contributed by atoms with Gasteiger partial charge in [0.15, 0.2) is 5.82 Å². The largest absolute Gasteiger partial charge is 0.382 e. The van der Waals surface area contributed by atoms with Gasteiger partial charge < -0.3 is 10.3 Å². The van der Waals surface area contributed by atoms with Gasteiger partial charge >= 0.3 is 0 Å². The average Bonchev–Trinajstić information content (AvgIpc) is 2.96. The van der Waals surface area contributed by atoms with Crippen LogP contribution in [0.4, 0.5) is 5.82 Å². The van der Waals surface area contributed by atoms with Crippen LogP contribution < -0.4 is 16.3 Å². The molecule has 2 aromatic heterocycles. The van der Waals surface area contributed by atoms with E-state index in [0.29, 0.717) is 5.82 Å². The summed E-state index contributed by atoms with van der Waals surface area (Å²) >= 11 is 0. The third-order valence-corrected chi connectivity index (χ3v) is 4.13. The molecule has 0 radical (unpaired) electrons. The van der Waals surface area contributed by atoms with Gasteiger partial charge in [-0.3, -0.25) is 0 Å². The Morgan fingerprint density at radius 2 is 1.96 bits per heavy atom. The number of aromatic nitrogens is 3. The molecule has 4 heteroatoms. The molecule has 0 unspecified atom stereocenters. The molecule has 0 amide bonds. The predicted molar refractivity (Wildman–Crippen MR) is 101 cm³/mol. The van der Waals surface area contributed by atoms with Gasteiger partial charge in [0.05, 0.1) is 10.9 Å². The van der Waals surface area contributed by atoms with Gasteiger partial charge in [-0.15, -0.1) is 0 Å². The van der Waals surface area contributed by atoms with Crippen LogP contribution >= 0.6 is 0 Å². The molecule has 3 aromatic rings. The zero-order valence-electron chi connectivity index (χ0n) is 14.2. The number of rotatable bonds is 4. The number of pyridine rings is 1. The van der Waals surface area contributed by atoms with Gasteiger partial charge in [-0.2, -0.15) is 0 Å². The van der Waals surface area contributed by atoms with Crippen LogP contribution in [-0.2, 0) is 13.0 Å². The Kier molecular flexibility index (Phi) is 4.47. The Labute approximate surface area is 141 Å².